The normalized spacial score (nSPS) is 16.4. The Kier molecular flexibility index (Phi) is 4.88. The van der Waals surface area contributed by atoms with Crippen LogP contribution in [0.5, 0.6) is 0 Å². The minimum absolute atomic E-state index is 0.427. The van der Waals surface area contributed by atoms with Gasteiger partial charge in [-0.2, -0.15) is 16.9 Å². The highest BCUT2D eigenvalue weighted by molar-refractivity contribution is 7.98. The Balaban J connectivity index is 1.62. The van der Waals surface area contributed by atoms with Crippen molar-refractivity contribution in [3.63, 3.8) is 0 Å². The van der Waals surface area contributed by atoms with Crippen LogP contribution in [0.15, 0.2) is 24.3 Å². The fraction of sp³-hybridized carbons (Fsp3) is 0.353. The summed E-state index contributed by atoms with van der Waals surface area (Å²) in [5.41, 5.74) is 2.68. The molecule has 26 heavy (non-hydrogen) atoms. The number of anilines is 1. The number of rotatable bonds is 2. The van der Waals surface area contributed by atoms with Crippen molar-refractivity contribution in [1.82, 2.24) is 14.7 Å². The van der Waals surface area contributed by atoms with Gasteiger partial charge in [-0.15, -0.1) is 0 Å². The molecule has 2 aromatic rings. The zero-order valence-electron chi connectivity index (χ0n) is 13.9. The molecule has 1 fully saturated rings. The van der Waals surface area contributed by atoms with Gasteiger partial charge >= 0.3 is 11.8 Å². The van der Waals surface area contributed by atoms with E-state index in [1.165, 1.54) is 4.90 Å². The molecule has 0 bridgehead atoms. The SMILES string of the molecule is O=C(Nc1c2c(nn1-c1ccc(Cl)cc1)CSC2)C(=O)N1CCOCC1. The van der Waals surface area contributed by atoms with Crippen molar-refractivity contribution in [2.45, 2.75) is 11.5 Å². The van der Waals surface area contributed by atoms with Crippen LogP contribution >= 0.6 is 23.4 Å². The molecule has 3 heterocycles. The molecular formula is C17H17ClN4O3S. The summed E-state index contributed by atoms with van der Waals surface area (Å²) in [7, 11) is 0. The average Bonchev–Trinajstić information content (AvgIpc) is 3.25. The molecule has 0 atom stereocenters. The summed E-state index contributed by atoms with van der Waals surface area (Å²) in [6.07, 6.45) is 0. The molecule has 1 aromatic heterocycles. The second kappa shape index (κ2) is 7.30. The largest absolute Gasteiger partial charge is 0.378 e. The lowest BCUT2D eigenvalue weighted by molar-refractivity contribution is -0.145. The maximum atomic E-state index is 12.5. The van der Waals surface area contributed by atoms with Crippen LogP contribution in [0.1, 0.15) is 11.3 Å². The van der Waals surface area contributed by atoms with Crippen LogP contribution in [0.4, 0.5) is 5.82 Å². The molecule has 0 radical (unpaired) electrons. The van der Waals surface area contributed by atoms with E-state index in [-0.39, 0.29) is 0 Å². The number of aromatic nitrogens is 2. The molecule has 2 aliphatic heterocycles. The van der Waals surface area contributed by atoms with Crippen molar-refractivity contribution >= 4 is 41.0 Å². The minimum Gasteiger partial charge on any atom is -0.378 e. The van der Waals surface area contributed by atoms with Crippen molar-refractivity contribution in [3.05, 3.63) is 40.5 Å². The van der Waals surface area contributed by atoms with Crippen LogP contribution in [-0.2, 0) is 25.8 Å². The topological polar surface area (TPSA) is 76.5 Å². The third-order valence-electron chi connectivity index (χ3n) is 4.35. The Morgan fingerprint density at radius 3 is 2.62 bits per heavy atom. The summed E-state index contributed by atoms with van der Waals surface area (Å²) in [6, 6.07) is 7.19. The molecule has 0 aliphatic carbocycles. The molecule has 136 valence electrons. The number of morpholine rings is 1. The van der Waals surface area contributed by atoms with Crippen molar-refractivity contribution in [3.8, 4) is 5.69 Å². The van der Waals surface area contributed by atoms with Gasteiger partial charge in [0.15, 0.2) is 0 Å². The number of fused-ring (bicyclic) bond motifs is 1. The molecule has 0 spiro atoms. The molecule has 7 nitrogen and oxygen atoms in total. The number of hydrogen-bond donors (Lipinski definition) is 1. The predicted molar refractivity (Wildman–Crippen MR) is 99.6 cm³/mol. The zero-order valence-corrected chi connectivity index (χ0v) is 15.5. The van der Waals surface area contributed by atoms with E-state index in [4.69, 9.17) is 16.3 Å². The van der Waals surface area contributed by atoms with Gasteiger partial charge in [0.1, 0.15) is 5.82 Å². The Morgan fingerprint density at radius 2 is 1.88 bits per heavy atom. The van der Waals surface area contributed by atoms with Gasteiger partial charge < -0.3 is 15.0 Å². The van der Waals surface area contributed by atoms with Gasteiger partial charge in [0.05, 0.1) is 24.6 Å². The van der Waals surface area contributed by atoms with E-state index in [0.717, 1.165) is 28.5 Å². The van der Waals surface area contributed by atoms with Crippen LogP contribution in [-0.4, -0.2) is 52.8 Å². The number of nitrogens with one attached hydrogen (secondary N) is 1. The number of hydrogen-bond acceptors (Lipinski definition) is 5. The van der Waals surface area contributed by atoms with Gasteiger partial charge in [-0.3, -0.25) is 9.59 Å². The first kappa shape index (κ1) is 17.4. The molecule has 0 unspecified atom stereocenters. The lowest BCUT2D eigenvalue weighted by Gasteiger charge is -2.26. The predicted octanol–water partition coefficient (Wildman–Crippen LogP) is 2.07. The smallest absolute Gasteiger partial charge is 0.315 e. The van der Waals surface area contributed by atoms with Crippen LogP contribution in [0, 0.1) is 0 Å². The lowest BCUT2D eigenvalue weighted by atomic mass is 10.2. The molecule has 0 saturated carbocycles. The van der Waals surface area contributed by atoms with Gasteiger partial charge in [-0.1, -0.05) is 11.6 Å². The summed E-state index contributed by atoms with van der Waals surface area (Å²) in [4.78, 5) is 26.5. The second-order valence-electron chi connectivity index (χ2n) is 6.01. The number of benzene rings is 1. The number of halogens is 1. The molecule has 1 aromatic carbocycles. The highest BCUT2D eigenvalue weighted by Gasteiger charge is 2.29. The number of nitrogens with zero attached hydrogens (tertiary/aromatic N) is 3. The maximum absolute atomic E-state index is 12.5. The summed E-state index contributed by atoms with van der Waals surface area (Å²) in [5, 5.41) is 8.02. The first-order chi connectivity index (χ1) is 12.6. The average molecular weight is 393 g/mol. The molecule has 2 amide bonds. The van der Waals surface area contributed by atoms with Crippen LogP contribution in [0.25, 0.3) is 5.69 Å². The Hall–Kier alpha value is -2.03. The van der Waals surface area contributed by atoms with Gasteiger partial charge in [-0.25, -0.2) is 4.68 Å². The quantitative estimate of drug-likeness (QED) is 0.792. The van der Waals surface area contributed by atoms with Gasteiger partial charge in [-0.05, 0) is 24.3 Å². The lowest BCUT2D eigenvalue weighted by Crippen LogP contribution is -2.46. The summed E-state index contributed by atoms with van der Waals surface area (Å²) >= 11 is 7.70. The second-order valence-corrected chi connectivity index (χ2v) is 7.44. The number of ether oxygens (including phenoxy) is 1. The summed E-state index contributed by atoms with van der Waals surface area (Å²) < 4.78 is 6.90. The van der Waals surface area contributed by atoms with Gasteiger partial charge in [0.25, 0.3) is 0 Å². The monoisotopic (exact) mass is 392 g/mol. The number of carbonyl (C=O) groups excluding carboxylic acids is 2. The molecule has 1 saturated heterocycles. The molecular weight excluding hydrogens is 376 g/mol. The van der Waals surface area contributed by atoms with Crippen molar-refractivity contribution in [2.75, 3.05) is 31.6 Å². The third kappa shape index (κ3) is 3.32. The van der Waals surface area contributed by atoms with E-state index in [1.807, 2.05) is 12.1 Å². The molecule has 1 N–H and O–H groups in total. The molecule has 9 heteroatoms. The summed E-state index contributed by atoms with van der Waals surface area (Å²) in [5.74, 6) is 0.901. The Labute approximate surface area is 159 Å². The van der Waals surface area contributed by atoms with E-state index in [1.54, 1.807) is 28.6 Å². The standard InChI is InChI=1S/C17H17ClN4O3S/c18-11-1-3-12(4-2-11)22-15(13-9-26-10-14(13)20-22)19-16(23)17(24)21-5-7-25-8-6-21/h1-4H,5-10H2,(H,19,23). The van der Waals surface area contributed by atoms with Crippen LogP contribution < -0.4 is 5.32 Å². The fourth-order valence-electron chi connectivity index (χ4n) is 2.98. The summed E-state index contributed by atoms with van der Waals surface area (Å²) in [6.45, 7) is 1.76. The number of amides is 2. The molecule has 2 aliphatic rings. The first-order valence-electron chi connectivity index (χ1n) is 8.26. The maximum Gasteiger partial charge on any atom is 0.315 e. The number of thioether (sulfide) groups is 1. The van der Waals surface area contributed by atoms with Crippen LogP contribution in [0.3, 0.4) is 0 Å². The fourth-order valence-corrected chi connectivity index (χ4v) is 4.14. The Bertz CT molecular complexity index is 846. The first-order valence-corrected chi connectivity index (χ1v) is 9.79. The van der Waals surface area contributed by atoms with Crippen molar-refractivity contribution in [1.29, 1.82) is 0 Å². The van der Waals surface area contributed by atoms with E-state index < -0.39 is 11.8 Å². The van der Waals surface area contributed by atoms with E-state index >= 15 is 0 Å². The van der Waals surface area contributed by atoms with Gasteiger partial charge in [0, 0.05) is 35.2 Å². The van der Waals surface area contributed by atoms with E-state index in [0.29, 0.717) is 37.1 Å². The highest BCUT2D eigenvalue weighted by atomic mass is 35.5. The van der Waals surface area contributed by atoms with E-state index in [9.17, 15) is 9.59 Å². The van der Waals surface area contributed by atoms with Gasteiger partial charge in [0.2, 0.25) is 0 Å². The minimum atomic E-state index is -0.651. The highest BCUT2D eigenvalue weighted by Crippen LogP contribution is 2.36. The third-order valence-corrected chi connectivity index (χ3v) is 5.57. The van der Waals surface area contributed by atoms with Crippen molar-refractivity contribution in [2.24, 2.45) is 0 Å². The number of carbonyl (C=O) groups is 2. The molecule has 4 rings (SSSR count). The van der Waals surface area contributed by atoms with Crippen LogP contribution in [0.2, 0.25) is 5.02 Å². The zero-order chi connectivity index (χ0) is 18.1. The Morgan fingerprint density at radius 1 is 1.15 bits per heavy atom. The van der Waals surface area contributed by atoms with E-state index in [2.05, 4.69) is 10.4 Å². The van der Waals surface area contributed by atoms with Crippen molar-refractivity contribution < 1.29 is 14.3 Å².